The van der Waals surface area contributed by atoms with E-state index in [1.54, 1.807) is 0 Å². The van der Waals surface area contributed by atoms with Crippen molar-refractivity contribution in [2.45, 2.75) is 70.5 Å². The molecular formula is C23H31ClO8S. The molecule has 0 amide bonds. The highest BCUT2D eigenvalue weighted by Gasteiger charge is 2.70. The second kappa shape index (κ2) is 7.78. The van der Waals surface area contributed by atoms with E-state index < -0.39 is 50.0 Å². The second-order valence-electron chi connectivity index (χ2n) is 10.6. The predicted molar refractivity (Wildman–Crippen MR) is 119 cm³/mol. The van der Waals surface area contributed by atoms with Crippen LogP contribution in [0, 0.1) is 28.6 Å². The third-order valence-corrected chi connectivity index (χ3v) is 9.91. The van der Waals surface area contributed by atoms with Gasteiger partial charge in [0.05, 0.1) is 11.6 Å². The molecule has 4 aliphatic rings. The van der Waals surface area contributed by atoms with Crippen LogP contribution in [0.5, 0.6) is 0 Å². The van der Waals surface area contributed by atoms with Crippen LogP contribution in [0.4, 0.5) is 0 Å². The number of ether oxygens (including phenoxy) is 2. The number of fused-ring (bicyclic) bond motifs is 5. The van der Waals surface area contributed by atoms with Gasteiger partial charge in [-0.25, -0.2) is 4.79 Å². The van der Waals surface area contributed by atoms with E-state index in [-0.39, 0.29) is 30.1 Å². The van der Waals surface area contributed by atoms with E-state index in [0.29, 0.717) is 31.3 Å². The molecule has 3 fully saturated rings. The van der Waals surface area contributed by atoms with E-state index in [0.717, 1.165) is 6.26 Å². The van der Waals surface area contributed by atoms with E-state index in [1.807, 2.05) is 13.8 Å². The van der Waals surface area contributed by atoms with Crippen molar-refractivity contribution in [2.24, 2.45) is 28.6 Å². The average Bonchev–Trinajstić information content (AvgIpc) is 2.98. The Kier molecular flexibility index (Phi) is 5.82. The summed E-state index contributed by atoms with van der Waals surface area (Å²) in [4.78, 5) is 37.0. The molecule has 8 nitrogen and oxygen atoms in total. The maximum Gasteiger partial charge on any atom is 0.330 e. The minimum Gasteiger partial charge on any atom is -0.462 e. The van der Waals surface area contributed by atoms with Gasteiger partial charge in [0.1, 0.15) is 12.7 Å². The molecular weight excluding hydrogens is 472 g/mol. The summed E-state index contributed by atoms with van der Waals surface area (Å²) in [6.45, 7) is 6.85. The van der Waals surface area contributed by atoms with Crippen molar-refractivity contribution in [3.05, 3.63) is 11.6 Å². The molecule has 0 bridgehead atoms. The van der Waals surface area contributed by atoms with Gasteiger partial charge in [-0.1, -0.05) is 13.8 Å². The Morgan fingerprint density at radius 1 is 1.15 bits per heavy atom. The number of cyclic esters (lactones) is 1. The molecule has 0 saturated heterocycles. The van der Waals surface area contributed by atoms with Crippen molar-refractivity contribution >= 4 is 39.4 Å². The fraction of sp³-hybridized carbons (Fsp3) is 0.783. The second-order valence-corrected chi connectivity index (χ2v) is 12.6. The Morgan fingerprint density at radius 2 is 1.79 bits per heavy atom. The Labute approximate surface area is 199 Å². The first-order valence-corrected chi connectivity index (χ1v) is 13.5. The fourth-order valence-electron chi connectivity index (χ4n) is 7.50. The number of rotatable bonds is 4. The van der Waals surface area contributed by atoms with Crippen molar-refractivity contribution in [1.82, 2.24) is 0 Å². The number of alkyl halides is 1. The van der Waals surface area contributed by atoms with E-state index >= 15 is 0 Å². The van der Waals surface area contributed by atoms with Crippen LogP contribution >= 0.6 is 11.6 Å². The maximum atomic E-state index is 12.9. The van der Waals surface area contributed by atoms with E-state index in [1.165, 1.54) is 19.9 Å². The van der Waals surface area contributed by atoms with Gasteiger partial charge >= 0.3 is 11.9 Å². The van der Waals surface area contributed by atoms with Crippen molar-refractivity contribution in [2.75, 3.05) is 12.9 Å². The highest BCUT2D eigenvalue weighted by Crippen LogP contribution is 2.68. The van der Waals surface area contributed by atoms with Crippen molar-refractivity contribution in [1.29, 1.82) is 0 Å². The van der Waals surface area contributed by atoms with E-state index in [9.17, 15) is 22.8 Å². The van der Waals surface area contributed by atoms with Gasteiger partial charge < -0.3 is 9.47 Å². The van der Waals surface area contributed by atoms with Crippen molar-refractivity contribution < 1.29 is 36.5 Å². The third-order valence-electron chi connectivity index (χ3n) is 8.86. The van der Waals surface area contributed by atoms with E-state index in [4.69, 9.17) is 25.3 Å². The standard InChI is InChI=1S/C23H31ClO8S/c1-12(25)23(31-13(2)26)9-7-15-18-14(6-8-22(15,23)4)21(3)11-30-17(27)10-16(21)19(24)20(18)32-33(5,28)29/h10,14-15,18-20H,6-9,11H2,1-5H3/t14-,15-,18+,19-,20-,21+,22-,23-/m0/s1. The van der Waals surface area contributed by atoms with E-state index in [2.05, 4.69) is 0 Å². The number of Topliss-reactive ketones (excluding diaryl/α,β-unsaturated/α-hetero) is 1. The van der Waals surface area contributed by atoms with Crippen LogP contribution in [0.2, 0.25) is 0 Å². The number of ketones is 1. The average molecular weight is 503 g/mol. The first-order valence-electron chi connectivity index (χ1n) is 11.3. The minimum absolute atomic E-state index is 0.0863. The zero-order valence-corrected chi connectivity index (χ0v) is 21.1. The van der Waals surface area contributed by atoms with Gasteiger partial charge in [-0.05, 0) is 55.9 Å². The van der Waals surface area contributed by atoms with Gasteiger partial charge in [-0.15, -0.1) is 11.6 Å². The number of hydrogen-bond acceptors (Lipinski definition) is 8. The quantitative estimate of drug-likeness (QED) is 0.327. The van der Waals surface area contributed by atoms with Crippen molar-refractivity contribution in [3.63, 3.8) is 0 Å². The van der Waals surface area contributed by atoms with Crippen LogP contribution in [0.1, 0.15) is 53.4 Å². The summed E-state index contributed by atoms with van der Waals surface area (Å²) in [5.41, 5.74) is -1.92. The summed E-state index contributed by atoms with van der Waals surface area (Å²) in [5.74, 6) is -1.83. The normalized spacial score (nSPS) is 44.6. The van der Waals surface area contributed by atoms with Gasteiger partial charge in [0.2, 0.25) is 0 Å². The lowest BCUT2D eigenvalue weighted by atomic mass is 9.46. The number of carbonyl (C=O) groups excluding carboxylic acids is 3. The highest BCUT2D eigenvalue weighted by atomic mass is 35.5. The lowest BCUT2D eigenvalue weighted by Gasteiger charge is -2.61. The fourth-order valence-corrected chi connectivity index (χ4v) is 8.74. The molecule has 10 heteroatoms. The Morgan fingerprint density at radius 3 is 2.36 bits per heavy atom. The van der Waals surface area contributed by atoms with Gasteiger partial charge in [0.25, 0.3) is 10.1 Å². The monoisotopic (exact) mass is 502 g/mol. The molecule has 0 N–H and O–H groups in total. The molecule has 1 aliphatic heterocycles. The number of halogens is 1. The molecule has 0 aromatic heterocycles. The molecule has 33 heavy (non-hydrogen) atoms. The minimum atomic E-state index is -3.87. The molecule has 3 saturated carbocycles. The Hall–Kier alpha value is -1.45. The summed E-state index contributed by atoms with van der Waals surface area (Å²) in [6, 6.07) is 0. The first kappa shape index (κ1) is 24.7. The van der Waals surface area contributed by atoms with Crippen LogP contribution < -0.4 is 0 Å². The highest BCUT2D eigenvalue weighted by molar-refractivity contribution is 7.86. The molecule has 1 heterocycles. The molecule has 0 aromatic rings. The SMILES string of the molecule is CC(=O)O[C@]1(C(C)=O)CC[C@H]2[C@@H]3[C@H](OS(C)(=O)=O)[C@@H](Cl)C4=CC(=O)OC[C@]4(C)[C@H]3CC[C@@]21C. The summed E-state index contributed by atoms with van der Waals surface area (Å²) in [5, 5.41) is -0.859. The van der Waals surface area contributed by atoms with Crippen LogP contribution in [0.15, 0.2) is 11.6 Å². The summed E-state index contributed by atoms with van der Waals surface area (Å²) >= 11 is 6.87. The molecule has 4 rings (SSSR count). The lowest BCUT2D eigenvalue weighted by molar-refractivity contribution is -0.192. The smallest absolute Gasteiger partial charge is 0.330 e. The van der Waals surface area contributed by atoms with Crippen LogP contribution in [-0.4, -0.2) is 56.1 Å². The lowest BCUT2D eigenvalue weighted by Crippen LogP contribution is -2.64. The number of hydrogen-bond donors (Lipinski definition) is 0. The Balaban J connectivity index is 1.86. The van der Waals surface area contributed by atoms with Gasteiger partial charge in [0.15, 0.2) is 11.4 Å². The maximum absolute atomic E-state index is 12.9. The summed E-state index contributed by atoms with van der Waals surface area (Å²) in [7, 11) is -3.87. The van der Waals surface area contributed by atoms with Crippen molar-refractivity contribution in [3.8, 4) is 0 Å². The Bertz CT molecular complexity index is 1040. The number of esters is 2. The summed E-state index contributed by atoms with van der Waals surface area (Å²) in [6.07, 6.45) is 3.58. The van der Waals surface area contributed by atoms with Gasteiger partial charge in [0, 0.05) is 23.8 Å². The third kappa shape index (κ3) is 3.57. The number of carbonyl (C=O) groups is 3. The van der Waals surface area contributed by atoms with Crippen LogP contribution in [-0.2, 0) is 38.2 Å². The zero-order valence-electron chi connectivity index (χ0n) is 19.6. The van der Waals surface area contributed by atoms with Gasteiger partial charge in [-0.3, -0.25) is 13.8 Å². The largest absolute Gasteiger partial charge is 0.462 e. The van der Waals surface area contributed by atoms with Gasteiger partial charge in [-0.2, -0.15) is 8.42 Å². The van der Waals surface area contributed by atoms with Crippen LogP contribution in [0.3, 0.4) is 0 Å². The molecule has 0 unspecified atom stereocenters. The van der Waals surface area contributed by atoms with Crippen LogP contribution in [0.25, 0.3) is 0 Å². The molecule has 3 aliphatic carbocycles. The molecule has 0 radical (unpaired) electrons. The zero-order chi connectivity index (χ0) is 24.6. The first-order chi connectivity index (χ1) is 15.2. The topological polar surface area (TPSA) is 113 Å². The molecule has 0 spiro atoms. The molecule has 0 aromatic carbocycles. The summed E-state index contributed by atoms with van der Waals surface area (Å²) < 4.78 is 41.3. The predicted octanol–water partition coefficient (Wildman–Crippen LogP) is 2.78. The molecule has 184 valence electrons. The molecule has 8 atom stereocenters.